The summed E-state index contributed by atoms with van der Waals surface area (Å²) in [6.45, 7) is 1.52. The van der Waals surface area contributed by atoms with Crippen LogP contribution in [0.5, 0.6) is 0 Å². The molecule has 0 atom stereocenters. The number of hydrogen-bond acceptors (Lipinski definition) is 3. The Labute approximate surface area is 182 Å². The smallest absolute Gasteiger partial charge is 0.224 e. The number of benzene rings is 2. The summed E-state index contributed by atoms with van der Waals surface area (Å²) >= 11 is 3.47. The maximum absolute atomic E-state index is 12.5. The highest BCUT2D eigenvalue weighted by molar-refractivity contribution is 9.10. The zero-order chi connectivity index (χ0) is 21.1. The van der Waals surface area contributed by atoms with Gasteiger partial charge in [0.25, 0.3) is 0 Å². The first-order chi connectivity index (χ1) is 14.5. The molecule has 1 amide bonds. The second kappa shape index (κ2) is 8.63. The van der Waals surface area contributed by atoms with E-state index in [9.17, 15) is 9.59 Å². The zero-order valence-electron chi connectivity index (χ0n) is 16.4. The first-order valence-electron chi connectivity index (χ1n) is 9.64. The number of rotatable bonds is 6. The van der Waals surface area contributed by atoms with Crippen molar-refractivity contribution in [3.63, 3.8) is 0 Å². The van der Waals surface area contributed by atoms with E-state index in [1.165, 1.54) is 6.92 Å². The number of pyridine rings is 1. The SMILES string of the molecule is CC(=O)c1ccc(NC(=O)CCc2c(-c3ccc(Br)cc3)nc3ccccn23)cc1. The number of hydrogen-bond donors (Lipinski definition) is 1. The first kappa shape index (κ1) is 20.0. The first-order valence-corrected chi connectivity index (χ1v) is 10.4. The highest BCUT2D eigenvalue weighted by Gasteiger charge is 2.15. The summed E-state index contributed by atoms with van der Waals surface area (Å²) in [7, 11) is 0. The van der Waals surface area contributed by atoms with Gasteiger partial charge in [0.15, 0.2) is 5.78 Å². The maximum atomic E-state index is 12.5. The molecular weight excluding hydrogens is 442 g/mol. The minimum absolute atomic E-state index is 0.000887. The molecule has 4 rings (SSSR count). The van der Waals surface area contributed by atoms with Gasteiger partial charge in [0, 0.05) is 33.9 Å². The number of amides is 1. The van der Waals surface area contributed by atoms with Gasteiger partial charge in [-0.3, -0.25) is 9.59 Å². The Hall–Kier alpha value is -3.25. The lowest BCUT2D eigenvalue weighted by Crippen LogP contribution is -2.13. The number of fused-ring (bicyclic) bond motifs is 1. The number of nitrogens with zero attached hydrogens (tertiary/aromatic N) is 2. The van der Waals surface area contributed by atoms with Gasteiger partial charge in [0.05, 0.1) is 11.4 Å². The molecule has 0 bridgehead atoms. The molecule has 0 aliphatic rings. The molecule has 0 spiro atoms. The van der Waals surface area contributed by atoms with E-state index in [-0.39, 0.29) is 11.7 Å². The average molecular weight is 462 g/mol. The number of aryl methyl sites for hydroxylation is 1. The van der Waals surface area contributed by atoms with Crippen molar-refractivity contribution in [1.82, 2.24) is 9.38 Å². The molecule has 0 fully saturated rings. The van der Waals surface area contributed by atoms with Gasteiger partial charge in [-0.05, 0) is 61.9 Å². The third-order valence-corrected chi connectivity index (χ3v) is 5.44. The highest BCUT2D eigenvalue weighted by atomic mass is 79.9. The summed E-state index contributed by atoms with van der Waals surface area (Å²) in [5.74, 6) is -0.0841. The number of anilines is 1. The number of imidazole rings is 1. The molecule has 4 aromatic rings. The fourth-order valence-corrected chi connectivity index (χ4v) is 3.63. The van der Waals surface area contributed by atoms with E-state index in [1.54, 1.807) is 24.3 Å². The van der Waals surface area contributed by atoms with Gasteiger partial charge in [0.1, 0.15) is 5.65 Å². The number of nitrogens with one attached hydrogen (secondary N) is 1. The minimum atomic E-state index is -0.0850. The van der Waals surface area contributed by atoms with Crippen molar-refractivity contribution in [2.75, 3.05) is 5.32 Å². The topological polar surface area (TPSA) is 63.5 Å². The Balaban J connectivity index is 1.54. The van der Waals surface area contributed by atoms with Crippen LogP contribution in [0.3, 0.4) is 0 Å². The van der Waals surface area contributed by atoms with E-state index in [0.717, 1.165) is 27.1 Å². The van der Waals surface area contributed by atoms with Gasteiger partial charge < -0.3 is 9.72 Å². The van der Waals surface area contributed by atoms with E-state index in [0.29, 0.717) is 24.1 Å². The van der Waals surface area contributed by atoms with Crippen LogP contribution >= 0.6 is 15.9 Å². The molecule has 0 radical (unpaired) electrons. The lowest BCUT2D eigenvalue weighted by molar-refractivity contribution is -0.116. The Morgan fingerprint density at radius 1 is 1.00 bits per heavy atom. The van der Waals surface area contributed by atoms with Crippen molar-refractivity contribution in [2.45, 2.75) is 19.8 Å². The van der Waals surface area contributed by atoms with Crippen LogP contribution in [0, 0.1) is 0 Å². The molecule has 0 aliphatic heterocycles. The predicted molar refractivity (Wildman–Crippen MR) is 122 cm³/mol. The quantitative estimate of drug-likeness (QED) is 0.383. The van der Waals surface area contributed by atoms with Gasteiger partial charge in [0.2, 0.25) is 5.91 Å². The van der Waals surface area contributed by atoms with Crippen LogP contribution in [0.25, 0.3) is 16.9 Å². The molecule has 5 nitrogen and oxygen atoms in total. The largest absolute Gasteiger partial charge is 0.326 e. The molecule has 2 heterocycles. The second-order valence-corrected chi connectivity index (χ2v) is 7.94. The summed E-state index contributed by atoms with van der Waals surface area (Å²) in [5, 5.41) is 2.90. The van der Waals surface area contributed by atoms with Crippen molar-refractivity contribution >= 4 is 39.0 Å². The van der Waals surface area contributed by atoms with Gasteiger partial charge in [-0.1, -0.05) is 34.1 Å². The number of aromatic nitrogens is 2. The normalized spacial score (nSPS) is 10.9. The molecule has 30 heavy (non-hydrogen) atoms. The number of carbonyl (C=O) groups is 2. The predicted octanol–water partition coefficient (Wildman–Crippen LogP) is 5.54. The summed E-state index contributed by atoms with van der Waals surface area (Å²) in [4.78, 5) is 28.7. The molecule has 0 saturated heterocycles. The monoisotopic (exact) mass is 461 g/mol. The molecule has 150 valence electrons. The molecule has 0 aliphatic carbocycles. The Kier molecular flexibility index (Phi) is 5.77. The van der Waals surface area contributed by atoms with E-state index in [4.69, 9.17) is 4.98 Å². The third kappa shape index (κ3) is 4.33. The van der Waals surface area contributed by atoms with Gasteiger partial charge in [-0.15, -0.1) is 0 Å². The van der Waals surface area contributed by atoms with Gasteiger partial charge in [-0.25, -0.2) is 4.98 Å². The third-order valence-electron chi connectivity index (χ3n) is 4.91. The Bertz CT molecular complexity index is 1210. The van der Waals surface area contributed by atoms with E-state index < -0.39 is 0 Å². The lowest BCUT2D eigenvalue weighted by atomic mass is 10.1. The van der Waals surface area contributed by atoms with E-state index in [1.807, 2.05) is 53.1 Å². The molecule has 2 aromatic carbocycles. The van der Waals surface area contributed by atoms with Gasteiger partial charge >= 0.3 is 0 Å². The molecule has 0 saturated carbocycles. The van der Waals surface area contributed by atoms with Crippen molar-refractivity contribution in [3.05, 3.63) is 88.7 Å². The standard InChI is InChI=1S/C24H20BrN3O2/c1-16(29)17-7-11-20(12-8-17)26-23(30)14-13-21-24(18-5-9-19(25)10-6-18)27-22-4-2-3-15-28(21)22/h2-12,15H,13-14H2,1H3,(H,26,30). The van der Waals surface area contributed by atoms with Crippen molar-refractivity contribution < 1.29 is 9.59 Å². The van der Waals surface area contributed by atoms with Crippen molar-refractivity contribution in [3.8, 4) is 11.3 Å². The Morgan fingerprint density at radius 2 is 1.73 bits per heavy atom. The summed E-state index contributed by atoms with van der Waals surface area (Å²) in [5.41, 5.74) is 5.04. The molecular formula is C24H20BrN3O2. The van der Waals surface area contributed by atoms with Crippen molar-refractivity contribution in [2.24, 2.45) is 0 Å². The maximum Gasteiger partial charge on any atom is 0.224 e. The minimum Gasteiger partial charge on any atom is -0.326 e. The number of ketones is 1. The molecule has 6 heteroatoms. The average Bonchev–Trinajstić information content (AvgIpc) is 3.12. The van der Waals surface area contributed by atoms with Crippen LogP contribution in [-0.4, -0.2) is 21.1 Å². The molecule has 0 unspecified atom stereocenters. The Morgan fingerprint density at radius 3 is 2.43 bits per heavy atom. The van der Waals surface area contributed by atoms with E-state index in [2.05, 4.69) is 21.2 Å². The fourth-order valence-electron chi connectivity index (χ4n) is 3.37. The number of halogens is 1. The van der Waals surface area contributed by atoms with Gasteiger partial charge in [-0.2, -0.15) is 0 Å². The summed E-state index contributed by atoms with van der Waals surface area (Å²) in [6, 6.07) is 20.8. The summed E-state index contributed by atoms with van der Waals surface area (Å²) in [6.07, 6.45) is 2.84. The van der Waals surface area contributed by atoms with Crippen LogP contribution in [0.2, 0.25) is 0 Å². The van der Waals surface area contributed by atoms with E-state index >= 15 is 0 Å². The zero-order valence-corrected chi connectivity index (χ0v) is 18.0. The van der Waals surface area contributed by atoms with Crippen LogP contribution in [-0.2, 0) is 11.2 Å². The summed E-state index contributed by atoms with van der Waals surface area (Å²) < 4.78 is 3.04. The number of carbonyl (C=O) groups excluding carboxylic acids is 2. The molecule has 1 N–H and O–H groups in total. The van der Waals surface area contributed by atoms with Crippen LogP contribution in [0.15, 0.2) is 77.4 Å². The van der Waals surface area contributed by atoms with Crippen molar-refractivity contribution in [1.29, 1.82) is 0 Å². The lowest BCUT2D eigenvalue weighted by Gasteiger charge is -2.08. The second-order valence-electron chi connectivity index (χ2n) is 7.02. The number of Topliss-reactive ketones (excluding diaryl/α,β-unsaturated/α-hetero) is 1. The highest BCUT2D eigenvalue weighted by Crippen LogP contribution is 2.27. The fraction of sp³-hybridized carbons (Fsp3) is 0.125. The van der Waals surface area contributed by atoms with Crippen LogP contribution < -0.4 is 5.32 Å². The van der Waals surface area contributed by atoms with Crippen LogP contribution in [0.4, 0.5) is 5.69 Å². The molecule has 2 aromatic heterocycles. The van der Waals surface area contributed by atoms with Crippen LogP contribution in [0.1, 0.15) is 29.4 Å².